The van der Waals surface area contributed by atoms with Crippen LogP contribution in [0.1, 0.15) is 35.4 Å². The number of nitrogens with one attached hydrogen (secondary N) is 3. The molecule has 7 nitrogen and oxygen atoms in total. The van der Waals surface area contributed by atoms with E-state index in [1.807, 2.05) is 0 Å². The van der Waals surface area contributed by atoms with Crippen LogP contribution in [0.5, 0.6) is 0 Å². The van der Waals surface area contributed by atoms with E-state index < -0.39 is 48.2 Å². The van der Waals surface area contributed by atoms with E-state index in [-0.39, 0.29) is 49.4 Å². The van der Waals surface area contributed by atoms with Gasteiger partial charge in [0.15, 0.2) is 6.61 Å². The lowest BCUT2D eigenvalue weighted by Gasteiger charge is -2.30. The van der Waals surface area contributed by atoms with Gasteiger partial charge >= 0.3 is 12.3 Å². The zero-order valence-corrected chi connectivity index (χ0v) is 23.4. The summed E-state index contributed by atoms with van der Waals surface area (Å²) >= 11 is 0. The summed E-state index contributed by atoms with van der Waals surface area (Å²) in [6.07, 6.45) is -5.59. The Kier molecular flexibility index (Phi) is 11.2. The van der Waals surface area contributed by atoms with Crippen molar-refractivity contribution in [3.63, 3.8) is 0 Å². The molecule has 0 spiro atoms. The lowest BCUT2D eigenvalue weighted by molar-refractivity contribution is -0.160. The van der Waals surface area contributed by atoms with E-state index in [2.05, 4.69) is 20.7 Å². The van der Waals surface area contributed by atoms with Crippen LogP contribution in [0.4, 0.5) is 36.8 Å². The lowest BCUT2D eigenvalue weighted by atomic mass is 9.88. The minimum Gasteiger partial charge on any atom is -0.440 e. The van der Waals surface area contributed by atoms with Crippen molar-refractivity contribution in [2.75, 3.05) is 31.6 Å². The van der Waals surface area contributed by atoms with Crippen LogP contribution < -0.4 is 16.0 Å². The van der Waals surface area contributed by atoms with Crippen molar-refractivity contribution in [3.05, 3.63) is 101 Å². The van der Waals surface area contributed by atoms with Gasteiger partial charge in [0.05, 0.1) is 12.7 Å². The Morgan fingerprint density at radius 1 is 0.955 bits per heavy atom. The number of alkyl carbamates (subject to hydrolysis) is 1. The fraction of sp³-hybridized carbons (Fsp3) is 0.355. The molecule has 44 heavy (non-hydrogen) atoms. The molecule has 3 aromatic rings. The van der Waals surface area contributed by atoms with E-state index in [4.69, 9.17) is 4.74 Å². The van der Waals surface area contributed by atoms with Gasteiger partial charge in [0.25, 0.3) is 0 Å². The quantitative estimate of drug-likeness (QED) is 0.234. The molecule has 3 N–H and O–H groups in total. The first kappa shape index (κ1) is 32.8. The molecule has 13 heteroatoms. The maximum atomic E-state index is 14.9. The summed E-state index contributed by atoms with van der Waals surface area (Å²) in [6, 6.07) is 15.3. The zero-order valence-electron chi connectivity index (χ0n) is 23.4. The third-order valence-corrected chi connectivity index (χ3v) is 7.07. The molecule has 1 aliphatic heterocycles. The Bertz CT molecular complexity index is 1350. The molecular formula is C31H31F6N3O4. The summed E-state index contributed by atoms with van der Waals surface area (Å²) in [6.45, 7) is -1.20. The van der Waals surface area contributed by atoms with E-state index in [0.717, 1.165) is 0 Å². The van der Waals surface area contributed by atoms with Gasteiger partial charge in [-0.1, -0.05) is 30.3 Å². The Labute approximate surface area is 249 Å². The minimum absolute atomic E-state index is 0.0102. The van der Waals surface area contributed by atoms with Gasteiger partial charge in [0.2, 0.25) is 5.91 Å². The molecule has 2 atom stereocenters. The number of carbonyl (C=O) groups is 2. The third kappa shape index (κ3) is 9.98. The molecule has 0 saturated carbocycles. The van der Waals surface area contributed by atoms with Crippen LogP contribution in [-0.2, 0) is 20.7 Å². The molecular weight excluding hydrogens is 592 g/mol. The van der Waals surface area contributed by atoms with Gasteiger partial charge in [-0.25, -0.2) is 18.0 Å². The Hall–Kier alpha value is -4.10. The standard InChI is InChI=1S/C31H31F6N3O4/c32-21-8-4-19(5-9-21)26(20-6-10-22(33)11-7-20)14-29(41)40-28-3-1-2-27(34)25(28)13-12-24-16-38-23(17-43-24)15-39-30(42)44-18-31(35,36)37/h1-11,23-24,26,38H,12-18H2,(H,39,42)(H,40,41)/t23-,24-/m1/s1. The van der Waals surface area contributed by atoms with Crippen LogP contribution in [0.15, 0.2) is 66.7 Å². The van der Waals surface area contributed by atoms with E-state index >= 15 is 0 Å². The molecule has 1 saturated heterocycles. The highest BCUT2D eigenvalue weighted by atomic mass is 19.4. The topological polar surface area (TPSA) is 88.7 Å². The first-order chi connectivity index (χ1) is 21.0. The number of amides is 2. The minimum atomic E-state index is -4.62. The predicted octanol–water partition coefficient (Wildman–Crippen LogP) is 5.84. The molecule has 1 aliphatic rings. The molecule has 0 unspecified atom stereocenters. The molecule has 0 aliphatic carbocycles. The molecule has 0 bridgehead atoms. The van der Waals surface area contributed by atoms with Crippen molar-refractivity contribution in [1.29, 1.82) is 0 Å². The number of hydrogen-bond acceptors (Lipinski definition) is 5. The normalized spacial score (nSPS) is 16.9. The second-order valence-corrected chi connectivity index (χ2v) is 10.3. The maximum absolute atomic E-state index is 14.9. The lowest BCUT2D eigenvalue weighted by Crippen LogP contribution is -2.51. The van der Waals surface area contributed by atoms with Crippen LogP contribution in [0.25, 0.3) is 0 Å². The molecule has 236 valence electrons. The van der Waals surface area contributed by atoms with Crippen molar-refractivity contribution >= 4 is 17.7 Å². The van der Waals surface area contributed by atoms with Gasteiger partial charge in [-0.2, -0.15) is 13.2 Å². The first-order valence-electron chi connectivity index (χ1n) is 13.9. The summed E-state index contributed by atoms with van der Waals surface area (Å²) < 4.78 is 88.4. The fourth-order valence-corrected chi connectivity index (χ4v) is 4.83. The maximum Gasteiger partial charge on any atom is 0.422 e. The fourth-order valence-electron chi connectivity index (χ4n) is 4.83. The number of benzene rings is 3. The van der Waals surface area contributed by atoms with Gasteiger partial charge in [0, 0.05) is 42.7 Å². The second-order valence-electron chi connectivity index (χ2n) is 10.3. The molecule has 1 fully saturated rings. The van der Waals surface area contributed by atoms with Crippen molar-refractivity contribution in [2.24, 2.45) is 0 Å². The number of anilines is 1. The van der Waals surface area contributed by atoms with Crippen molar-refractivity contribution in [3.8, 4) is 0 Å². The van der Waals surface area contributed by atoms with Crippen LogP contribution in [0.2, 0.25) is 0 Å². The van der Waals surface area contributed by atoms with Gasteiger partial charge in [0.1, 0.15) is 17.5 Å². The van der Waals surface area contributed by atoms with Crippen LogP contribution in [-0.4, -0.2) is 56.6 Å². The highest BCUT2D eigenvalue weighted by molar-refractivity contribution is 5.92. The smallest absolute Gasteiger partial charge is 0.422 e. The number of alkyl halides is 3. The number of rotatable bonds is 11. The predicted molar refractivity (Wildman–Crippen MR) is 150 cm³/mol. The number of carbonyl (C=O) groups excluding carboxylic acids is 2. The van der Waals surface area contributed by atoms with Crippen molar-refractivity contribution in [2.45, 2.75) is 43.5 Å². The van der Waals surface area contributed by atoms with E-state index in [1.54, 1.807) is 30.3 Å². The SMILES string of the molecule is O=C(CC(c1ccc(F)cc1)c1ccc(F)cc1)Nc1cccc(F)c1CC[C@@H]1CN[C@H](CNC(=O)OCC(F)(F)F)CO1. The third-order valence-electron chi connectivity index (χ3n) is 7.07. The highest BCUT2D eigenvalue weighted by Gasteiger charge is 2.30. The number of hydrogen-bond donors (Lipinski definition) is 3. The Morgan fingerprint density at radius 2 is 1.59 bits per heavy atom. The highest BCUT2D eigenvalue weighted by Crippen LogP contribution is 2.30. The monoisotopic (exact) mass is 623 g/mol. The van der Waals surface area contributed by atoms with E-state index in [9.17, 15) is 35.9 Å². The van der Waals surface area contributed by atoms with Crippen LogP contribution in [0.3, 0.4) is 0 Å². The second kappa shape index (κ2) is 15.1. The largest absolute Gasteiger partial charge is 0.440 e. The molecule has 0 radical (unpaired) electrons. The van der Waals surface area contributed by atoms with Gasteiger partial charge in [-0.15, -0.1) is 0 Å². The number of morpholine rings is 1. The summed E-state index contributed by atoms with van der Waals surface area (Å²) in [5.41, 5.74) is 1.87. The van der Waals surface area contributed by atoms with Gasteiger partial charge in [-0.3, -0.25) is 4.79 Å². The van der Waals surface area contributed by atoms with Crippen LogP contribution >= 0.6 is 0 Å². The molecule has 4 rings (SSSR count). The van der Waals surface area contributed by atoms with E-state index in [1.165, 1.54) is 36.4 Å². The Balaban J connectivity index is 1.32. The summed E-state index contributed by atoms with van der Waals surface area (Å²) in [5, 5.41) is 8.15. The average Bonchev–Trinajstić information content (AvgIpc) is 2.99. The zero-order chi connectivity index (χ0) is 31.7. The first-order valence-corrected chi connectivity index (χ1v) is 13.9. The van der Waals surface area contributed by atoms with E-state index in [0.29, 0.717) is 24.1 Å². The van der Waals surface area contributed by atoms with Crippen molar-refractivity contribution < 1.29 is 45.4 Å². The number of halogens is 6. The molecule has 1 heterocycles. The summed E-state index contributed by atoms with van der Waals surface area (Å²) in [7, 11) is 0. The molecule has 0 aromatic heterocycles. The number of ether oxygens (including phenoxy) is 2. The van der Waals surface area contributed by atoms with Crippen molar-refractivity contribution in [1.82, 2.24) is 10.6 Å². The molecule has 2 amide bonds. The molecule has 3 aromatic carbocycles. The van der Waals surface area contributed by atoms with Gasteiger partial charge in [-0.05, 0) is 60.4 Å². The van der Waals surface area contributed by atoms with Gasteiger partial charge < -0.3 is 25.4 Å². The Morgan fingerprint density at radius 3 is 2.16 bits per heavy atom. The summed E-state index contributed by atoms with van der Waals surface area (Å²) in [5.74, 6) is -2.32. The van der Waals surface area contributed by atoms with Crippen LogP contribution in [0, 0.1) is 17.5 Å². The summed E-state index contributed by atoms with van der Waals surface area (Å²) in [4.78, 5) is 24.6. The average molecular weight is 624 g/mol.